The van der Waals surface area contributed by atoms with Crippen molar-refractivity contribution in [1.29, 1.82) is 0 Å². The smallest absolute Gasteiger partial charge is 0.247 e. The van der Waals surface area contributed by atoms with Crippen molar-refractivity contribution in [3.05, 3.63) is 28.8 Å². The highest BCUT2D eigenvalue weighted by molar-refractivity contribution is 6.31. The number of anilines is 1. The van der Waals surface area contributed by atoms with Crippen molar-refractivity contribution >= 4 is 23.2 Å². The second-order valence-electron chi connectivity index (χ2n) is 6.46. The lowest BCUT2D eigenvalue weighted by atomic mass is 10.1. The third-order valence-electron chi connectivity index (χ3n) is 4.58. The molecule has 2 heterocycles. The van der Waals surface area contributed by atoms with Gasteiger partial charge in [-0.15, -0.1) is 0 Å². The molecule has 2 saturated heterocycles. The van der Waals surface area contributed by atoms with E-state index in [9.17, 15) is 4.79 Å². The molecule has 2 atom stereocenters. The first-order valence-electron chi connectivity index (χ1n) is 8.24. The Morgan fingerprint density at radius 2 is 2.09 bits per heavy atom. The Bertz CT molecular complexity index is 575. The summed E-state index contributed by atoms with van der Waals surface area (Å²) in [5, 5.41) is 0.782. The van der Waals surface area contributed by atoms with Gasteiger partial charge in [0.25, 0.3) is 0 Å². The van der Waals surface area contributed by atoms with Crippen LogP contribution < -0.4 is 10.6 Å². The largest absolute Gasteiger partial charge is 0.371 e. The SMILES string of the molecule is C[C@@H]1CN(Cc2c(Cl)cccc2N2CCCC2)C[C@@H](C(N)=O)O1. The Hall–Kier alpha value is -1.30. The second-order valence-corrected chi connectivity index (χ2v) is 6.87. The molecular weight excluding hydrogens is 314 g/mol. The molecule has 6 heteroatoms. The molecule has 0 spiro atoms. The Balaban J connectivity index is 1.80. The Kier molecular flexibility index (Phi) is 5.09. The van der Waals surface area contributed by atoms with E-state index in [2.05, 4.69) is 15.9 Å². The molecule has 2 aliphatic rings. The van der Waals surface area contributed by atoms with Crippen molar-refractivity contribution in [2.24, 2.45) is 5.73 Å². The average molecular weight is 338 g/mol. The van der Waals surface area contributed by atoms with Crippen LogP contribution in [0.3, 0.4) is 0 Å². The van der Waals surface area contributed by atoms with Gasteiger partial charge in [0.05, 0.1) is 6.10 Å². The van der Waals surface area contributed by atoms with Gasteiger partial charge in [0, 0.05) is 49.0 Å². The quantitative estimate of drug-likeness (QED) is 0.913. The monoisotopic (exact) mass is 337 g/mol. The van der Waals surface area contributed by atoms with Crippen molar-refractivity contribution in [3.8, 4) is 0 Å². The molecule has 2 fully saturated rings. The lowest BCUT2D eigenvalue weighted by Crippen LogP contribution is -2.51. The number of benzene rings is 1. The first-order chi connectivity index (χ1) is 11.0. The van der Waals surface area contributed by atoms with E-state index < -0.39 is 12.0 Å². The summed E-state index contributed by atoms with van der Waals surface area (Å²) in [6, 6.07) is 6.08. The first kappa shape index (κ1) is 16.6. The number of primary amides is 1. The fourth-order valence-electron chi connectivity index (χ4n) is 3.51. The molecule has 23 heavy (non-hydrogen) atoms. The molecule has 1 aromatic rings. The molecule has 0 aliphatic carbocycles. The Morgan fingerprint density at radius 1 is 1.35 bits per heavy atom. The summed E-state index contributed by atoms with van der Waals surface area (Å²) in [5.41, 5.74) is 7.76. The molecule has 3 rings (SSSR count). The highest BCUT2D eigenvalue weighted by Crippen LogP contribution is 2.31. The van der Waals surface area contributed by atoms with E-state index in [1.54, 1.807) is 0 Å². The topological polar surface area (TPSA) is 58.8 Å². The molecular formula is C17H24ClN3O2. The molecule has 0 radical (unpaired) electrons. The standard InChI is InChI=1S/C17H24ClN3O2/c1-12-9-20(11-16(23-12)17(19)22)10-13-14(18)5-4-6-15(13)21-7-2-3-8-21/h4-6,12,16H,2-3,7-11H2,1H3,(H2,19,22)/t12-,16+/m1/s1. The zero-order valence-corrected chi connectivity index (χ0v) is 14.3. The fourth-order valence-corrected chi connectivity index (χ4v) is 3.74. The van der Waals surface area contributed by atoms with E-state index in [0.29, 0.717) is 13.1 Å². The highest BCUT2D eigenvalue weighted by Gasteiger charge is 2.30. The van der Waals surface area contributed by atoms with Crippen LogP contribution in [0.15, 0.2) is 18.2 Å². The van der Waals surface area contributed by atoms with Crippen LogP contribution in [0.2, 0.25) is 5.02 Å². The fraction of sp³-hybridized carbons (Fsp3) is 0.588. The maximum atomic E-state index is 11.5. The number of nitrogens with two attached hydrogens (primary N) is 1. The molecule has 0 aromatic heterocycles. The Morgan fingerprint density at radius 3 is 2.78 bits per heavy atom. The lowest BCUT2D eigenvalue weighted by molar-refractivity contribution is -0.142. The van der Waals surface area contributed by atoms with Crippen LogP contribution in [0.1, 0.15) is 25.3 Å². The number of hydrogen-bond donors (Lipinski definition) is 1. The van der Waals surface area contributed by atoms with Crippen molar-refractivity contribution in [2.45, 2.75) is 38.5 Å². The maximum Gasteiger partial charge on any atom is 0.247 e. The van der Waals surface area contributed by atoms with Crippen LogP contribution in [0.4, 0.5) is 5.69 Å². The number of amides is 1. The van der Waals surface area contributed by atoms with Gasteiger partial charge in [-0.3, -0.25) is 9.69 Å². The lowest BCUT2D eigenvalue weighted by Gasteiger charge is -2.36. The number of nitrogens with zero attached hydrogens (tertiary/aromatic N) is 2. The third kappa shape index (κ3) is 3.79. The Labute approximate surface area is 142 Å². The summed E-state index contributed by atoms with van der Waals surface area (Å²) in [7, 11) is 0. The van der Waals surface area contributed by atoms with Gasteiger partial charge < -0.3 is 15.4 Å². The summed E-state index contributed by atoms with van der Waals surface area (Å²) >= 11 is 6.49. The number of hydrogen-bond acceptors (Lipinski definition) is 4. The molecule has 0 bridgehead atoms. The minimum atomic E-state index is -0.545. The summed E-state index contributed by atoms with van der Waals surface area (Å²) < 4.78 is 5.62. The van der Waals surface area contributed by atoms with Gasteiger partial charge in [-0.25, -0.2) is 0 Å². The van der Waals surface area contributed by atoms with Crippen molar-refractivity contribution in [3.63, 3.8) is 0 Å². The predicted octanol–water partition coefficient (Wildman–Crippen LogP) is 2.01. The van der Waals surface area contributed by atoms with Gasteiger partial charge in [0.1, 0.15) is 6.10 Å². The molecule has 5 nitrogen and oxygen atoms in total. The summed E-state index contributed by atoms with van der Waals surface area (Å²) in [5.74, 6) is -0.402. The zero-order chi connectivity index (χ0) is 16.4. The minimum absolute atomic E-state index is 0.0148. The van der Waals surface area contributed by atoms with E-state index >= 15 is 0 Å². The van der Waals surface area contributed by atoms with Gasteiger partial charge in [-0.05, 0) is 31.9 Å². The van der Waals surface area contributed by atoms with Gasteiger partial charge in [-0.2, -0.15) is 0 Å². The maximum absolute atomic E-state index is 11.5. The van der Waals surface area contributed by atoms with E-state index in [1.165, 1.54) is 18.5 Å². The number of rotatable bonds is 4. The van der Waals surface area contributed by atoms with Gasteiger partial charge >= 0.3 is 0 Å². The number of halogens is 1. The molecule has 0 saturated carbocycles. The van der Waals surface area contributed by atoms with Crippen molar-refractivity contribution in [1.82, 2.24) is 4.90 Å². The van der Waals surface area contributed by atoms with Crippen LogP contribution in [0, 0.1) is 0 Å². The number of carbonyl (C=O) groups is 1. The van der Waals surface area contributed by atoms with Gasteiger partial charge in [0.2, 0.25) is 5.91 Å². The molecule has 2 N–H and O–H groups in total. The third-order valence-corrected chi connectivity index (χ3v) is 4.93. The second kappa shape index (κ2) is 7.07. The van der Waals surface area contributed by atoms with Crippen molar-refractivity contribution < 1.29 is 9.53 Å². The predicted molar refractivity (Wildman–Crippen MR) is 91.7 cm³/mol. The summed E-state index contributed by atoms with van der Waals surface area (Å²) in [4.78, 5) is 16.1. The molecule has 1 amide bonds. The normalized spacial score (nSPS) is 25.7. The van der Waals surface area contributed by atoms with E-state index in [4.69, 9.17) is 22.1 Å². The van der Waals surface area contributed by atoms with Crippen molar-refractivity contribution in [2.75, 3.05) is 31.1 Å². The molecule has 0 unspecified atom stereocenters. The molecule has 126 valence electrons. The number of morpholine rings is 1. The van der Waals surface area contributed by atoms with Gasteiger partial charge in [-0.1, -0.05) is 17.7 Å². The number of carbonyl (C=O) groups excluding carboxylic acids is 1. The van der Waals surface area contributed by atoms with E-state index in [-0.39, 0.29) is 6.10 Å². The number of ether oxygens (including phenoxy) is 1. The first-order valence-corrected chi connectivity index (χ1v) is 8.62. The van der Waals surface area contributed by atoms with Crippen LogP contribution in [0.25, 0.3) is 0 Å². The molecule has 2 aliphatic heterocycles. The highest BCUT2D eigenvalue weighted by atomic mass is 35.5. The van der Waals surface area contributed by atoms with E-state index in [0.717, 1.165) is 30.2 Å². The van der Waals surface area contributed by atoms with Crippen LogP contribution in [0.5, 0.6) is 0 Å². The van der Waals surface area contributed by atoms with Crippen LogP contribution >= 0.6 is 11.6 Å². The van der Waals surface area contributed by atoms with Crippen LogP contribution in [-0.4, -0.2) is 49.2 Å². The zero-order valence-electron chi connectivity index (χ0n) is 13.5. The van der Waals surface area contributed by atoms with Gasteiger partial charge in [0.15, 0.2) is 0 Å². The minimum Gasteiger partial charge on any atom is -0.371 e. The summed E-state index contributed by atoms with van der Waals surface area (Å²) in [6.07, 6.45) is 1.89. The van der Waals surface area contributed by atoms with E-state index in [1.807, 2.05) is 19.1 Å². The average Bonchev–Trinajstić information content (AvgIpc) is 3.03. The molecule has 1 aromatic carbocycles. The summed E-state index contributed by atoms with van der Waals surface area (Å²) in [6.45, 7) is 6.13. The van der Waals surface area contributed by atoms with Crippen LogP contribution in [-0.2, 0) is 16.1 Å².